The molecular weight excluding hydrogens is 560 g/mol. The molecule has 2 unspecified atom stereocenters. The molecule has 43 heavy (non-hydrogen) atoms. The zero-order valence-corrected chi connectivity index (χ0v) is 22.8. The molecule has 14 nitrogen and oxygen atoms in total. The number of carboxylic acid groups (broad SMARTS) is 1. The van der Waals surface area contributed by atoms with Crippen molar-refractivity contribution in [3.8, 4) is 0 Å². The molecule has 0 saturated heterocycles. The number of nitrogens with zero attached hydrogens (tertiary/aromatic N) is 4. The van der Waals surface area contributed by atoms with E-state index in [-0.39, 0.29) is 23.6 Å². The molecule has 2 aliphatic heterocycles. The van der Waals surface area contributed by atoms with Crippen LogP contribution in [0.3, 0.4) is 0 Å². The minimum absolute atomic E-state index is 0.0608. The quantitative estimate of drug-likeness (QED) is 0.291. The molecule has 8 rings (SSSR count). The monoisotopic (exact) mass is 584 g/mol. The van der Waals surface area contributed by atoms with Crippen LogP contribution in [0.5, 0.6) is 0 Å². The van der Waals surface area contributed by atoms with Gasteiger partial charge in [-0.15, -0.1) is 0 Å². The van der Waals surface area contributed by atoms with Crippen LogP contribution in [0.1, 0.15) is 68.2 Å². The molecule has 2 amide bonds. The third-order valence-corrected chi connectivity index (χ3v) is 8.58. The number of methoxy groups -OCH3 is 1. The first-order valence-electron chi connectivity index (χ1n) is 13.6. The first kappa shape index (κ1) is 26.5. The number of aryl methyl sites for hydroxylation is 2. The highest BCUT2D eigenvalue weighted by Gasteiger charge is 2.51. The van der Waals surface area contributed by atoms with Crippen LogP contribution in [0.25, 0.3) is 0 Å². The van der Waals surface area contributed by atoms with Gasteiger partial charge in [0.25, 0.3) is 0 Å². The number of nitrogens with one attached hydrogen (secondary N) is 2. The summed E-state index contributed by atoms with van der Waals surface area (Å²) in [6, 6.07) is 7.40. The van der Waals surface area contributed by atoms with Gasteiger partial charge in [-0.1, -0.05) is 12.1 Å². The van der Waals surface area contributed by atoms with Gasteiger partial charge in [0.2, 0.25) is 11.8 Å². The molecule has 14 heteroatoms. The minimum atomic E-state index is -1.20. The largest absolute Gasteiger partial charge is 0.474 e. The Morgan fingerprint density at radius 2 is 1.33 bits per heavy atom. The number of aromatic carboxylic acids is 1. The number of carbonyl (C=O) groups excluding carboxylic acids is 3. The number of hydrogen-bond donors (Lipinski definition) is 3. The van der Waals surface area contributed by atoms with Crippen LogP contribution in [0, 0.1) is 0 Å². The number of rotatable bonds is 2. The number of hydrogen-bond acceptors (Lipinski definition) is 11. The van der Waals surface area contributed by atoms with Gasteiger partial charge in [0.1, 0.15) is 23.2 Å². The number of oxazole rings is 2. The van der Waals surface area contributed by atoms with E-state index in [0.29, 0.717) is 73.1 Å². The minimum Gasteiger partial charge on any atom is -0.474 e. The first-order valence-corrected chi connectivity index (χ1v) is 13.6. The standard InChI is InChI=1S/C15H13N3O4.C14H11N3O4/c1-21-13(19)12-17-9-7-15(5-4-10(9)22-12)8-3-2-6-16-11(8)18-14(15)20;18-12(19)11-16-8-6-14(4-3-9(8)21-11)7-2-1-5-15-10(7)17-13(14)20/h2-3,6H,4-5,7H2,1H3,(H,16,18,20);1-2,5H,3-4,6H2,(H,18,19)(H,15,17,20). The summed E-state index contributed by atoms with van der Waals surface area (Å²) in [5.74, 6) is 0.0186. The summed E-state index contributed by atoms with van der Waals surface area (Å²) >= 11 is 0. The van der Waals surface area contributed by atoms with Gasteiger partial charge in [-0.3, -0.25) is 9.59 Å². The Bertz CT molecular complexity index is 1850. The first-order chi connectivity index (χ1) is 20.7. The summed E-state index contributed by atoms with van der Waals surface area (Å²) < 4.78 is 15.3. The maximum absolute atomic E-state index is 12.5. The Morgan fingerprint density at radius 3 is 1.81 bits per heavy atom. The van der Waals surface area contributed by atoms with Crippen molar-refractivity contribution in [2.24, 2.45) is 0 Å². The highest BCUT2D eigenvalue weighted by atomic mass is 16.5. The highest BCUT2D eigenvalue weighted by Crippen LogP contribution is 2.46. The molecule has 0 radical (unpaired) electrons. The number of carboxylic acids is 1. The molecule has 4 aliphatic rings. The van der Waals surface area contributed by atoms with E-state index >= 15 is 0 Å². The van der Waals surface area contributed by atoms with Crippen LogP contribution < -0.4 is 10.6 Å². The van der Waals surface area contributed by atoms with Crippen LogP contribution in [-0.2, 0) is 50.8 Å². The van der Waals surface area contributed by atoms with E-state index in [1.165, 1.54) is 7.11 Å². The van der Waals surface area contributed by atoms with Crippen LogP contribution >= 0.6 is 0 Å². The number of esters is 1. The lowest BCUT2D eigenvalue weighted by Gasteiger charge is -2.29. The van der Waals surface area contributed by atoms with E-state index in [4.69, 9.17) is 13.9 Å². The highest BCUT2D eigenvalue weighted by molar-refractivity contribution is 6.06. The molecule has 2 spiro atoms. The fraction of sp³-hybridized carbons (Fsp3) is 0.310. The van der Waals surface area contributed by atoms with Crippen LogP contribution in [-0.4, -0.2) is 55.9 Å². The number of ether oxygens (including phenoxy) is 1. The van der Waals surface area contributed by atoms with Crippen molar-refractivity contribution in [2.75, 3.05) is 17.7 Å². The molecule has 3 N–H and O–H groups in total. The summed E-state index contributed by atoms with van der Waals surface area (Å²) in [4.78, 5) is 64.0. The SMILES string of the molecule is COC(=O)c1nc2c(o1)CCC1(C2)C(=O)Nc2ncccc21.O=C(O)c1nc2c(o1)CCC1(C2)C(=O)Nc2ncccc21. The van der Waals surface area contributed by atoms with Gasteiger partial charge in [0, 0.05) is 49.2 Å². The number of anilines is 2. The molecule has 0 fully saturated rings. The van der Waals surface area contributed by atoms with Gasteiger partial charge in [-0.05, 0) is 25.0 Å². The van der Waals surface area contributed by atoms with E-state index < -0.39 is 22.8 Å². The van der Waals surface area contributed by atoms with Crippen molar-refractivity contribution < 1.29 is 37.9 Å². The average molecular weight is 585 g/mol. The topological polar surface area (TPSA) is 200 Å². The van der Waals surface area contributed by atoms with Crippen molar-refractivity contribution in [1.82, 2.24) is 19.9 Å². The van der Waals surface area contributed by atoms with Crippen molar-refractivity contribution in [3.05, 3.63) is 82.5 Å². The second kappa shape index (κ2) is 9.58. The smallest absolute Gasteiger partial charge is 0.394 e. The van der Waals surface area contributed by atoms with Crippen LogP contribution in [0.4, 0.5) is 11.6 Å². The van der Waals surface area contributed by atoms with E-state index in [1.54, 1.807) is 18.5 Å². The van der Waals surface area contributed by atoms with Crippen molar-refractivity contribution in [2.45, 2.75) is 49.4 Å². The third kappa shape index (κ3) is 4.00. The van der Waals surface area contributed by atoms with Gasteiger partial charge in [-0.25, -0.2) is 29.5 Å². The second-order valence-electron chi connectivity index (χ2n) is 10.8. The fourth-order valence-electron chi connectivity index (χ4n) is 6.43. The van der Waals surface area contributed by atoms with Gasteiger partial charge >= 0.3 is 23.7 Å². The van der Waals surface area contributed by atoms with E-state index in [1.807, 2.05) is 18.2 Å². The summed E-state index contributed by atoms with van der Waals surface area (Å²) in [7, 11) is 1.28. The third-order valence-electron chi connectivity index (χ3n) is 8.58. The lowest BCUT2D eigenvalue weighted by molar-refractivity contribution is -0.122. The lowest BCUT2D eigenvalue weighted by atomic mass is 9.71. The number of fused-ring (bicyclic) bond motifs is 6. The molecule has 2 atom stereocenters. The number of carbonyl (C=O) groups is 4. The number of aromatic nitrogens is 4. The van der Waals surface area contributed by atoms with Gasteiger partial charge in [0.15, 0.2) is 0 Å². The molecule has 4 aromatic heterocycles. The zero-order valence-electron chi connectivity index (χ0n) is 22.8. The summed E-state index contributed by atoms with van der Waals surface area (Å²) in [5, 5.41) is 14.6. The Hall–Kier alpha value is -5.40. The van der Waals surface area contributed by atoms with Crippen LogP contribution in [0.15, 0.2) is 45.5 Å². The average Bonchev–Trinajstić information content (AvgIpc) is 3.76. The van der Waals surface area contributed by atoms with E-state index in [0.717, 1.165) is 11.1 Å². The fourth-order valence-corrected chi connectivity index (χ4v) is 6.43. The zero-order chi connectivity index (χ0) is 29.9. The molecule has 0 aromatic carbocycles. The van der Waals surface area contributed by atoms with Crippen LogP contribution in [0.2, 0.25) is 0 Å². The molecule has 2 aliphatic carbocycles. The Balaban J connectivity index is 0.000000140. The van der Waals surface area contributed by atoms with Gasteiger partial charge in [0.05, 0.1) is 29.3 Å². The molecule has 218 valence electrons. The van der Waals surface area contributed by atoms with Crippen molar-refractivity contribution in [3.63, 3.8) is 0 Å². The second-order valence-corrected chi connectivity index (χ2v) is 10.8. The molecule has 4 aromatic rings. The van der Waals surface area contributed by atoms with E-state index in [9.17, 15) is 19.2 Å². The Kier molecular flexibility index (Phi) is 5.90. The summed E-state index contributed by atoms with van der Waals surface area (Å²) in [6.07, 6.45) is 6.19. The molecule has 0 bridgehead atoms. The Labute approximate surface area is 242 Å². The van der Waals surface area contributed by atoms with Gasteiger partial charge in [-0.2, -0.15) is 0 Å². The van der Waals surface area contributed by atoms with E-state index in [2.05, 4.69) is 35.3 Å². The predicted octanol–water partition coefficient (Wildman–Crippen LogP) is 2.38. The number of amides is 2. The molecule has 6 heterocycles. The van der Waals surface area contributed by atoms with Gasteiger partial charge < -0.3 is 29.3 Å². The van der Waals surface area contributed by atoms with Crippen molar-refractivity contribution in [1.29, 1.82) is 0 Å². The maximum atomic E-state index is 12.5. The Morgan fingerprint density at radius 1 is 0.837 bits per heavy atom. The number of pyridine rings is 2. The summed E-state index contributed by atoms with van der Waals surface area (Å²) in [6.45, 7) is 0. The predicted molar refractivity (Wildman–Crippen MR) is 144 cm³/mol. The maximum Gasteiger partial charge on any atom is 0.394 e. The molecule has 0 saturated carbocycles. The molecular formula is C29H24N6O8. The normalized spacial score (nSPS) is 22.4. The summed E-state index contributed by atoms with van der Waals surface area (Å²) in [5.41, 5.74) is 1.52. The van der Waals surface area contributed by atoms with Crippen molar-refractivity contribution >= 4 is 35.4 Å². The lowest BCUT2D eigenvalue weighted by Crippen LogP contribution is -2.39.